The SMILES string of the molecule is O=C(Nc1cccc(S(=O)(=O)N2CCCC2)c1)c1ccccc1SC[C@H]1CCCO1. The minimum Gasteiger partial charge on any atom is -0.377 e. The molecule has 4 rings (SSSR count). The fourth-order valence-corrected chi connectivity index (χ4v) is 6.43. The first-order chi connectivity index (χ1) is 14.5. The average Bonchev–Trinajstić information content (AvgIpc) is 3.47. The summed E-state index contributed by atoms with van der Waals surface area (Å²) in [5, 5.41) is 2.86. The monoisotopic (exact) mass is 446 g/mol. The van der Waals surface area contributed by atoms with Crippen LogP contribution in [0.1, 0.15) is 36.0 Å². The van der Waals surface area contributed by atoms with Gasteiger partial charge in [0.05, 0.1) is 16.6 Å². The Morgan fingerprint density at radius 3 is 2.67 bits per heavy atom. The molecule has 1 N–H and O–H groups in total. The average molecular weight is 447 g/mol. The highest BCUT2D eigenvalue weighted by molar-refractivity contribution is 7.99. The smallest absolute Gasteiger partial charge is 0.256 e. The number of nitrogens with zero attached hydrogens (tertiary/aromatic N) is 1. The zero-order valence-corrected chi connectivity index (χ0v) is 18.4. The highest BCUT2D eigenvalue weighted by atomic mass is 32.2. The standard InChI is InChI=1S/C22H26N2O4S2/c25-22(20-10-1-2-11-21(20)29-16-18-8-6-14-28-18)23-17-7-5-9-19(15-17)30(26,27)24-12-3-4-13-24/h1-2,5,7,9-11,15,18H,3-4,6,8,12-14,16H2,(H,23,25)/t18-/m1/s1. The lowest BCUT2D eigenvalue weighted by Crippen LogP contribution is -2.27. The Balaban J connectivity index is 1.48. The summed E-state index contributed by atoms with van der Waals surface area (Å²) < 4.78 is 32.8. The number of carbonyl (C=O) groups is 1. The van der Waals surface area contributed by atoms with E-state index < -0.39 is 10.0 Å². The molecule has 2 fully saturated rings. The van der Waals surface area contributed by atoms with Crippen LogP contribution in [0.5, 0.6) is 0 Å². The molecular weight excluding hydrogens is 420 g/mol. The van der Waals surface area contributed by atoms with Crippen molar-refractivity contribution in [3.63, 3.8) is 0 Å². The lowest BCUT2D eigenvalue weighted by atomic mass is 10.2. The normalized spacial score (nSPS) is 19.8. The molecule has 0 saturated carbocycles. The van der Waals surface area contributed by atoms with Crippen molar-refractivity contribution in [1.29, 1.82) is 0 Å². The molecule has 0 spiro atoms. The van der Waals surface area contributed by atoms with Crippen LogP contribution in [0.2, 0.25) is 0 Å². The number of hydrogen-bond donors (Lipinski definition) is 1. The first-order valence-corrected chi connectivity index (χ1v) is 12.7. The third kappa shape index (κ3) is 4.88. The van der Waals surface area contributed by atoms with E-state index in [0.717, 1.165) is 42.9 Å². The minimum atomic E-state index is -3.52. The van der Waals surface area contributed by atoms with Gasteiger partial charge >= 0.3 is 0 Å². The molecule has 30 heavy (non-hydrogen) atoms. The lowest BCUT2D eigenvalue weighted by molar-refractivity contribution is 0.102. The molecule has 0 radical (unpaired) electrons. The first-order valence-electron chi connectivity index (χ1n) is 10.3. The van der Waals surface area contributed by atoms with Gasteiger partial charge in [0.25, 0.3) is 5.91 Å². The van der Waals surface area contributed by atoms with Crippen molar-refractivity contribution in [1.82, 2.24) is 4.31 Å². The zero-order chi connectivity index (χ0) is 21.0. The quantitative estimate of drug-likeness (QED) is 0.651. The predicted octanol–water partition coefficient (Wildman–Crippen LogP) is 3.99. The van der Waals surface area contributed by atoms with E-state index in [1.807, 2.05) is 18.2 Å². The van der Waals surface area contributed by atoms with Gasteiger partial charge in [-0.2, -0.15) is 4.31 Å². The Labute approximate surface area is 182 Å². The van der Waals surface area contributed by atoms with Crippen LogP contribution in [0.25, 0.3) is 0 Å². The van der Waals surface area contributed by atoms with Gasteiger partial charge in [-0.05, 0) is 56.0 Å². The van der Waals surface area contributed by atoms with E-state index in [1.54, 1.807) is 36.0 Å². The molecular formula is C22H26N2O4S2. The maximum Gasteiger partial charge on any atom is 0.256 e. The fraction of sp³-hybridized carbons (Fsp3) is 0.409. The molecule has 8 heteroatoms. The van der Waals surface area contributed by atoms with Gasteiger partial charge in [0.2, 0.25) is 10.0 Å². The number of hydrogen-bond acceptors (Lipinski definition) is 5. The van der Waals surface area contributed by atoms with Crippen LogP contribution in [0.3, 0.4) is 0 Å². The molecule has 6 nitrogen and oxygen atoms in total. The topological polar surface area (TPSA) is 75.7 Å². The van der Waals surface area contributed by atoms with Gasteiger partial charge in [0.1, 0.15) is 0 Å². The van der Waals surface area contributed by atoms with Gasteiger partial charge < -0.3 is 10.1 Å². The number of rotatable bonds is 7. The molecule has 2 aromatic carbocycles. The Morgan fingerprint density at radius 2 is 1.90 bits per heavy atom. The van der Waals surface area contributed by atoms with E-state index in [1.165, 1.54) is 10.4 Å². The van der Waals surface area contributed by atoms with E-state index in [-0.39, 0.29) is 16.9 Å². The summed E-state index contributed by atoms with van der Waals surface area (Å²) >= 11 is 1.62. The summed E-state index contributed by atoms with van der Waals surface area (Å²) in [6.45, 7) is 1.91. The second kappa shape index (κ2) is 9.51. The summed E-state index contributed by atoms with van der Waals surface area (Å²) in [5.74, 6) is 0.564. The van der Waals surface area contributed by atoms with Crippen molar-refractivity contribution >= 4 is 33.4 Å². The van der Waals surface area contributed by atoms with E-state index in [0.29, 0.717) is 24.3 Å². The number of nitrogens with one attached hydrogen (secondary N) is 1. The number of anilines is 1. The van der Waals surface area contributed by atoms with Crippen molar-refractivity contribution in [3.05, 3.63) is 54.1 Å². The molecule has 0 aromatic heterocycles. The summed E-state index contributed by atoms with van der Waals surface area (Å²) in [7, 11) is -3.52. The predicted molar refractivity (Wildman–Crippen MR) is 119 cm³/mol. The van der Waals surface area contributed by atoms with Gasteiger partial charge in [-0.1, -0.05) is 18.2 Å². The third-order valence-electron chi connectivity index (χ3n) is 5.38. The van der Waals surface area contributed by atoms with Gasteiger partial charge in [-0.3, -0.25) is 4.79 Å². The fourth-order valence-electron chi connectivity index (χ4n) is 3.75. The second-order valence-corrected chi connectivity index (χ2v) is 10.5. The van der Waals surface area contributed by atoms with Crippen molar-refractivity contribution in [3.8, 4) is 0 Å². The molecule has 1 atom stereocenters. The number of ether oxygens (including phenoxy) is 1. The number of carbonyl (C=O) groups excluding carboxylic acids is 1. The van der Waals surface area contributed by atoms with E-state index in [9.17, 15) is 13.2 Å². The number of sulfonamides is 1. The Bertz CT molecular complexity index is 998. The molecule has 0 aliphatic carbocycles. The van der Waals surface area contributed by atoms with Gasteiger partial charge in [0, 0.05) is 36.0 Å². The second-order valence-electron chi connectivity index (χ2n) is 7.54. The maximum atomic E-state index is 12.9. The van der Waals surface area contributed by atoms with E-state index in [4.69, 9.17) is 4.74 Å². The highest BCUT2D eigenvalue weighted by Gasteiger charge is 2.27. The van der Waals surface area contributed by atoms with Crippen LogP contribution in [-0.4, -0.2) is 50.2 Å². The number of amides is 1. The molecule has 2 aliphatic rings. The van der Waals surface area contributed by atoms with Gasteiger partial charge in [-0.25, -0.2) is 8.42 Å². The third-order valence-corrected chi connectivity index (χ3v) is 8.48. The van der Waals surface area contributed by atoms with Crippen LogP contribution in [0.4, 0.5) is 5.69 Å². The van der Waals surface area contributed by atoms with Gasteiger partial charge in [-0.15, -0.1) is 11.8 Å². The van der Waals surface area contributed by atoms with E-state index >= 15 is 0 Å². The summed E-state index contributed by atoms with van der Waals surface area (Å²) in [4.78, 5) is 14.0. The van der Waals surface area contributed by atoms with Crippen LogP contribution in [-0.2, 0) is 14.8 Å². The Kier molecular flexibility index (Phi) is 6.77. The summed E-state index contributed by atoms with van der Waals surface area (Å²) in [5.41, 5.74) is 1.05. The van der Waals surface area contributed by atoms with Crippen LogP contribution < -0.4 is 5.32 Å². The lowest BCUT2D eigenvalue weighted by Gasteiger charge is -2.16. The maximum absolute atomic E-state index is 12.9. The molecule has 160 valence electrons. The Morgan fingerprint density at radius 1 is 1.10 bits per heavy atom. The van der Waals surface area contributed by atoms with Crippen molar-refractivity contribution in [2.75, 3.05) is 30.8 Å². The van der Waals surface area contributed by atoms with Crippen LogP contribution >= 0.6 is 11.8 Å². The largest absolute Gasteiger partial charge is 0.377 e. The molecule has 2 aliphatic heterocycles. The summed E-state index contributed by atoms with van der Waals surface area (Å²) in [6.07, 6.45) is 4.15. The number of thioether (sulfide) groups is 1. The first kappa shape index (κ1) is 21.4. The molecule has 1 amide bonds. The van der Waals surface area contributed by atoms with Crippen LogP contribution in [0, 0.1) is 0 Å². The molecule has 2 saturated heterocycles. The summed E-state index contributed by atoms with van der Waals surface area (Å²) in [6, 6.07) is 14.0. The molecule has 2 heterocycles. The van der Waals surface area contributed by atoms with Gasteiger partial charge in [0.15, 0.2) is 0 Å². The molecule has 2 aromatic rings. The molecule has 0 unspecified atom stereocenters. The highest BCUT2D eigenvalue weighted by Crippen LogP contribution is 2.28. The van der Waals surface area contributed by atoms with Crippen molar-refractivity contribution in [2.45, 2.75) is 41.6 Å². The zero-order valence-electron chi connectivity index (χ0n) is 16.7. The van der Waals surface area contributed by atoms with Crippen molar-refractivity contribution in [2.24, 2.45) is 0 Å². The molecule has 0 bridgehead atoms. The van der Waals surface area contributed by atoms with Crippen LogP contribution in [0.15, 0.2) is 58.3 Å². The van der Waals surface area contributed by atoms with E-state index in [2.05, 4.69) is 5.32 Å². The minimum absolute atomic E-state index is 0.211. The van der Waals surface area contributed by atoms with Crippen molar-refractivity contribution < 1.29 is 17.9 Å². The number of benzene rings is 2. The Hall–Kier alpha value is -1.87.